The fourth-order valence-corrected chi connectivity index (χ4v) is 1.95. The average Bonchev–Trinajstić information content (AvgIpc) is 2.48. The van der Waals surface area contributed by atoms with Gasteiger partial charge in [0.15, 0.2) is 6.10 Å². The second kappa shape index (κ2) is 7.45. The summed E-state index contributed by atoms with van der Waals surface area (Å²) in [7, 11) is 0. The number of carbonyl (C=O) groups is 2. The van der Waals surface area contributed by atoms with Crippen LogP contribution in [0.5, 0.6) is 11.5 Å². The summed E-state index contributed by atoms with van der Waals surface area (Å²) in [6, 6.07) is 14.0. The molecule has 1 N–H and O–H groups in total. The summed E-state index contributed by atoms with van der Waals surface area (Å²) in [6.07, 6.45) is -0.730. The molecule has 2 aromatic carbocycles. The minimum Gasteiger partial charge on any atom is -0.479 e. The first-order valence-electron chi connectivity index (χ1n) is 7.27. The third-order valence-corrected chi connectivity index (χ3v) is 3.03. The number of aryl methyl sites for hydroxylation is 1. The lowest BCUT2D eigenvalue weighted by molar-refractivity contribution is -0.141. The SMILES string of the molecule is CC(=O)Nc1ccc(OC(=O)C(C)Oc2cccc(C)c2)cc1. The van der Waals surface area contributed by atoms with Crippen LogP contribution >= 0.6 is 0 Å². The lowest BCUT2D eigenvalue weighted by Crippen LogP contribution is -2.28. The van der Waals surface area contributed by atoms with Gasteiger partial charge in [0.2, 0.25) is 5.91 Å². The Labute approximate surface area is 135 Å². The highest BCUT2D eigenvalue weighted by Crippen LogP contribution is 2.18. The molecule has 0 saturated heterocycles. The fourth-order valence-electron chi connectivity index (χ4n) is 1.95. The van der Waals surface area contributed by atoms with Crippen LogP contribution in [-0.2, 0) is 9.59 Å². The van der Waals surface area contributed by atoms with E-state index in [9.17, 15) is 9.59 Å². The number of hydrogen-bond donors (Lipinski definition) is 1. The van der Waals surface area contributed by atoms with Crippen molar-refractivity contribution in [1.82, 2.24) is 0 Å². The molecule has 1 atom stereocenters. The number of amides is 1. The molecule has 2 aromatic rings. The summed E-state index contributed by atoms with van der Waals surface area (Å²) in [5, 5.41) is 2.64. The van der Waals surface area contributed by atoms with Crippen molar-refractivity contribution in [2.24, 2.45) is 0 Å². The van der Waals surface area contributed by atoms with Gasteiger partial charge in [-0.05, 0) is 55.8 Å². The van der Waals surface area contributed by atoms with E-state index < -0.39 is 12.1 Å². The van der Waals surface area contributed by atoms with Crippen LogP contribution in [0.2, 0.25) is 0 Å². The summed E-state index contributed by atoms with van der Waals surface area (Å²) in [4.78, 5) is 23.0. The van der Waals surface area contributed by atoms with Crippen molar-refractivity contribution in [1.29, 1.82) is 0 Å². The third-order valence-electron chi connectivity index (χ3n) is 3.03. The summed E-state index contributed by atoms with van der Waals surface area (Å²) >= 11 is 0. The molecule has 2 rings (SSSR count). The highest BCUT2D eigenvalue weighted by molar-refractivity contribution is 5.88. The summed E-state index contributed by atoms with van der Waals surface area (Å²) in [5.74, 6) is 0.368. The van der Waals surface area contributed by atoms with Crippen molar-refractivity contribution >= 4 is 17.6 Å². The molecule has 5 nitrogen and oxygen atoms in total. The van der Waals surface area contributed by atoms with Crippen LogP contribution in [0.15, 0.2) is 48.5 Å². The molecular formula is C18H19NO4. The van der Waals surface area contributed by atoms with Crippen LogP contribution in [-0.4, -0.2) is 18.0 Å². The minimum absolute atomic E-state index is 0.157. The van der Waals surface area contributed by atoms with E-state index in [1.807, 2.05) is 25.1 Å². The van der Waals surface area contributed by atoms with Gasteiger partial charge < -0.3 is 14.8 Å². The summed E-state index contributed by atoms with van der Waals surface area (Å²) < 4.78 is 10.8. The van der Waals surface area contributed by atoms with Gasteiger partial charge in [-0.2, -0.15) is 0 Å². The number of anilines is 1. The molecule has 0 heterocycles. The molecule has 23 heavy (non-hydrogen) atoms. The van der Waals surface area contributed by atoms with Gasteiger partial charge in [0, 0.05) is 12.6 Å². The van der Waals surface area contributed by atoms with Crippen LogP contribution in [0.25, 0.3) is 0 Å². The maximum absolute atomic E-state index is 12.0. The second-order valence-corrected chi connectivity index (χ2v) is 5.20. The first-order chi connectivity index (χ1) is 10.9. The molecule has 120 valence electrons. The topological polar surface area (TPSA) is 64.6 Å². The van der Waals surface area contributed by atoms with E-state index in [0.717, 1.165) is 5.56 Å². The van der Waals surface area contributed by atoms with E-state index in [4.69, 9.17) is 9.47 Å². The van der Waals surface area contributed by atoms with E-state index in [1.54, 1.807) is 37.3 Å². The van der Waals surface area contributed by atoms with Gasteiger partial charge >= 0.3 is 5.97 Å². The van der Waals surface area contributed by atoms with Crippen molar-refractivity contribution < 1.29 is 19.1 Å². The van der Waals surface area contributed by atoms with Gasteiger partial charge in [-0.15, -0.1) is 0 Å². The summed E-state index contributed by atoms with van der Waals surface area (Å²) in [6.45, 7) is 5.01. The van der Waals surface area contributed by atoms with E-state index in [-0.39, 0.29) is 5.91 Å². The monoisotopic (exact) mass is 313 g/mol. The largest absolute Gasteiger partial charge is 0.479 e. The Morgan fingerprint density at radius 2 is 1.74 bits per heavy atom. The number of esters is 1. The van der Waals surface area contributed by atoms with Gasteiger partial charge in [-0.3, -0.25) is 4.79 Å². The van der Waals surface area contributed by atoms with E-state index in [2.05, 4.69) is 5.32 Å². The van der Waals surface area contributed by atoms with Crippen LogP contribution < -0.4 is 14.8 Å². The molecule has 5 heteroatoms. The third kappa shape index (κ3) is 5.14. The lowest BCUT2D eigenvalue weighted by atomic mass is 10.2. The number of rotatable bonds is 5. The number of nitrogens with one attached hydrogen (secondary N) is 1. The molecular weight excluding hydrogens is 294 g/mol. The Morgan fingerprint density at radius 3 is 2.35 bits per heavy atom. The molecule has 0 fully saturated rings. The first kappa shape index (κ1) is 16.5. The van der Waals surface area contributed by atoms with Crippen molar-refractivity contribution in [3.63, 3.8) is 0 Å². The van der Waals surface area contributed by atoms with Crippen molar-refractivity contribution in [3.05, 3.63) is 54.1 Å². The fraction of sp³-hybridized carbons (Fsp3) is 0.222. The number of hydrogen-bond acceptors (Lipinski definition) is 4. The van der Waals surface area contributed by atoms with Gasteiger partial charge in [0.25, 0.3) is 0 Å². The lowest BCUT2D eigenvalue weighted by Gasteiger charge is -2.14. The number of carbonyl (C=O) groups excluding carboxylic acids is 2. The predicted molar refractivity (Wildman–Crippen MR) is 87.6 cm³/mol. The zero-order chi connectivity index (χ0) is 16.8. The van der Waals surface area contributed by atoms with Crippen LogP contribution in [0, 0.1) is 6.92 Å². The van der Waals surface area contributed by atoms with Crippen molar-refractivity contribution in [2.45, 2.75) is 26.9 Å². The van der Waals surface area contributed by atoms with Crippen LogP contribution in [0.4, 0.5) is 5.69 Å². The highest BCUT2D eigenvalue weighted by Gasteiger charge is 2.17. The molecule has 0 radical (unpaired) electrons. The smallest absolute Gasteiger partial charge is 0.352 e. The Hall–Kier alpha value is -2.82. The molecule has 0 bridgehead atoms. The van der Waals surface area contributed by atoms with E-state index >= 15 is 0 Å². The quantitative estimate of drug-likeness (QED) is 0.679. The maximum atomic E-state index is 12.0. The van der Waals surface area contributed by atoms with Crippen LogP contribution in [0.1, 0.15) is 19.4 Å². The van der Waals surface area contributed by atoms with Crippen molar-refractivity contribution in [2.75, 3.05) is 5.32 Å². The molecule has 0 aromatic heterocycles. The Morgan fingerprint density at radius 1 is 1.04 bits per heavy atom. The van der Waals surface area contributed by atoms with Crippen LogP contribution in [0.3, 0.4) is 0 Å². The molecule has 0 aliphatic rings. The first-order valence-corrected chi connectivity index (χ1v) is 7.27. The molecule has 0 saturated carbocycles. The molecule has 1 amide bonds. The predicted octanol–water partition coefficient (Wildman–Crippen LogP) is 3.33. The summed E-state index contributed by atoms with van der Waals surface area (Å²) in [5.41, 5.74) is 1.69. The standard InChI is InChI=1S/C18H19NO4/c1-12-5-4-6-17(11-12)22-13(2)18(21)23-16-9-7-15(8-10-16)19-14(3)20/h4-11,13H,1-3H3,(H,19,20). The molecule has 1 unspecified atom stereocenters. The van der Waals surface area contributed by atoms with Gasteiger partial charge in [0.1, 0.15) is 11.5 Å². The second-order valence-electron chi connectivity index (χ2n) is 5.20. The Kier molecular flexibility index (Phi) is 5.36. The van der Waals surface area contributed by atoms with E-state index in [0.29, 0.717) is 17.2 Å². The molecule has 0 aliphatic heterocycles. The zero-order valence-electron chi connectivity index (χ0n) is 13.3. The van der Waals surface area contributed by atoms with E-state index in [1.165, 1.54) is 6.92 Å². The van der Waals surface area contributed by atoms with Gasteiger partial charge in [-0.1, -0.05) is 12.1 Å². The number of ether oxygens (including phenoxy) is 2. The number of benzene rings is 2. The Bertz CT molecular complexity index is 694. The molecule has 0 spiro atoms. The molecule has 0 aliphatic carbocycles. The zero-order valence-corrected chi connectivity index (χ0v) is 13.3. The highest BCUT2D eigenvalue weighted by atomic mass is 16.6. The van der Waals surface area contributed by atoms with Gasteiger partial charge in [0.05, 0.1) is 0 Å². The maximum Gasteiger partial charge on any atom is 0.352 e. The van der Waals surface area contributed by atoms with Crippen molar-refractivity contribution in [3.8, 4) is 11.5 Å². The minimum atomic E-state index is -0.730. The Balaban J connectivity index is 1.94. The normalized spacial score (nSPS) is 11.4. The van der Waals surface area contributed by atoms with Gasteiger partial charge in [-0.25, -0.2) is 4.79 Å². The average molecular weight is 313 g/mol.